The molecule has 0 unspecified atom stereocenters. The van der Waals surface area contributed by atoms with Crippen molar-refractivity contribution < 1.29 is 4.79 Å². The van der Waals surface area contributed by atoms with Gasteiger partial charge in [0.2, 0.25) is 5.91 Å². The van der Waals surface area contributed by atoms with Gasteiger partial charge < -0.3 is 5.73 Å². The van der Waals surface area contributed by atoms with Gasteiger partial charge in [0.1, 0.15) is 0 Å². The first-order chi connectivity index (χ1) is 7.63. The van der Waals surface area contributed by atoms with Crippen LogP contribution in [-0.2, 0) is 11.3 Å². The highest BCUT2D eigenvalue weighted by Gasteiger charge is 2.41. The SMILES string of the molecule is C[C@@]1(C(N)=O)CCCN1Cc1ccccc1. The van der Waals surface area contributed by atoms with Crippen molar-refractivity contribution in [3.05, 3.63) is 35.9 Å². The average molecular weight is 218 g/mol. The van der Waals surface area contributed by atoms with E-state index in [2.05, 4.69) is 17.0 Å². The Morgan fingerprint density at radius 2 is 2.12 bits per heavy atom. The number of carbonyl (C=O) groups excluding carboxylic acids is 1. The largest absolute Gasteiger partial charge is 0.368 e. The van der Waals surface area contributed by atoms with E-state index < -0.39 is 5.54 Å². The third-order valence-electron chi connectivity index (χ3n) is 3.54. The summed E-state index contributed by atoms with van der Waals surface area (Å²) in [6.07, 6.45) is 1.92. The highest BCUT2D eigenvalue weighted by molar-refractivity contribution is 5.84. The van der Waals surface area contributed by atoms with Gasteiger partial charge in [-0.05, 0) is 31.9 Å². The Balaban J connectivity index is 2.13. The zero-order valence-corrected chi connectivity index (χ0v) is 9.65. The molecule has 0 bridgehead atoms. The molecule has 2 rings (SSSR count). The van der Waals surface area contributed by atoms with Gasteiger partial charge in [-0.25, -0.2) is 0 Å². The number of rotatable bonds is 3. The van der Waals surface area contributed by atoms with Crippen LogP contribution < -0.4 is 5.73 Å². The van der Waals surface area contributed by atoms with Crippen LogP contribution >= 0.6 is 0 Å². The third-order valence-corrected chi connectivity index (χ3v) is 3.54. The first-order valence-electron chi connectivity index (χ1n) is 5.72. The molecule has 0 spiro atoms. The number of nitrogens with zero attached hydrogens (tertiary/aromatic N) is 1. The van der Waals surface area contributed by atoms with Crippen molar-refractivity contribution in [1.29, 1.82) is 0 Å². The Hall–Kier alpha value is -1.35. The van der Waals surface area contributed by atoms with Crippen molar-refractivity contribution in [2.45, 2.75) is 31.8 Å². The van der Waals surface area contributed by atoms with Gasteiger partial charge in [0.25, 0.3) is 0 Å². The standard InChI is InChI=1S/C13H18N2O/c1-13(12(14)16)8-5-9-15(13)10-11-6-3-2-4-7-11/h2-4,6-7H,5,8-10H2,1H3,(H2,14,16)/t13-/m0/s1. The molecule has 0 radical (unpaired) electrons. The van der Waals surface area contributed by atoms with Crippen LogP contribution in [0.15, 0.2) is 30.3 Å². The van der Waals surface area contributed by atoms with Crippen LogP contribution in [0, 0.1) is 0 Å². The smallest absolute Gasteiger partial charge is 0.237 e. The summed E-state index contributed by atoms with van der Waals surface area (Å²) in [4.78, 5) is 13.7. The van der Waals surface area contributed by atoms with Gasteiger partial charge in [0.05, 0.1) is 5.54 Å². The van der Waals surface area contributed by atoms with Crippen molar-refractivity contribution in [2.75, 3.05) is 6.54 Å². The zero-order valence-electron chi connectivity index (χ0n) is 9.65. The van der Waals surface area contributed by atoms with Gasteiger partial charge in [-0.2, -0.15) is 0 Å². The number of primary amides is 1. The summed E-state index contributed by atoms with van der Waals surface area (Å²) < 4.78 is 0. The summed E-state index contributed by atoms with van der Waals surface area (Å²) in [5, 5.41) is 0. The fourth-order valence-corrected chi connectivity index (χ4v) is 2.36. The number of benzene rings is 1. The van der Waals surface area contributed by atoms with Crippen LogP contribution in [-0.4, -0.2) is 22.9 Å². The van der Waals surface area contributed by atoms with Gasteiger partial charge in [-0.1, -0.05) is 30.3 Å². The molecule has 3 nitrogen and oxygen atoms in total. The molecule has 1 aromatic rings. The summed E-state index contributed by atoms with van der Waals surface area (Å²) in [6, 6.07) is 10.2. The van der Waals surface area contributed by atoms with Crippen molar-refractivity contribution in [3.63, 3.8) is 0 Å². The molecule has 3 heteroatoms. The fourth-order valence-electron chi connectivity index (χ4n) is 2.36. The molecule has 1 atom stereocenters. The monoisotopic (exact) mass is 218 g/mol. The van der Waals surface area contributed by atoms with E-state index in [0.717, 1.165) is 25.9 Å². The first-order valence-corrected chi connectivity index (χ1v) is 5.72. The minimum absolute atomic E-state index is 0.207. The van der Waals surface area contributed by atoms with E-state index in [-0.39, 0.29) is 5.91 Å². The molecule has 0 aromatic heterocycles. The highest BCUT2D eigenvalue weighted by atomic mass is 16.1. The maximum Gasteiger partial charge on any atom is 0.237 e. The summed E-state index contributed by atoms with van der Waals surface area (Å²) in [5.74, 6) is -0.207. The van der Waals surface area contributed by atoms with Crippen LogP contribution in [0.1, 0.15) is 25.3 Å². The van der Waals surface area contributed by atoms with E-state index in [1.807, 2.05) is 25.1 Å². The molecule has 16 heavy (non-hydrogen) atoms. The minimum Gasteiger partial charge on any atom is -0.368 e. The maximum atomic E-state index is 11.5. The number of hydrogen-bond donors (Lipinski definition) is 1. The van der Waals surface area contributed by atoms with E-state index in [0.29, 0.717) is 0 Å². The first kappa shape index (κ1) is 11.1. The lowest BCUT2D eigenvalue weighted by Crippen LogP contribution is -2.51. The van der Waals surface area contributed by atoms with Crippen LogP contribution in [0.4, 0.5) is 0 Å². The van der Waals surface area contributed by atoms with Crippen LogP contribution in [0.2, 0.25) is 0 Å². The summed E-state index contributed by atoms with van der Waals surface area (Å²) >= 11 is 0. The molecular formula is C13H18N2O. The summed E-state index contributed by atoms with van der Waals surface area (Å²) in [6.45, 7) is 3.71. The molecule has 1 aromatic carbocycles. The number of amides is 1. The minimum atomic E-state index is -0.462. The van der Waals surface area contributed by atoms with Gasteiger partial charge >= 0.3 is 0 Å². The summed E-state index contributed by atoms with van der Waals surface area (Å²) in [7, 11) is 0. The molecule has 1 amide bonds. The molecule has 0 aliphatic carbocycles. The average Bonchev–Trinajstić information content (AvgIpc) is 2.63. The number of hydrogen-bond acceptors (Lipinski definition) is 2. The third kappa shape index (κ3) is 1.95. The lowest BCUT2D eigenvalue weighted by atomic mass is 9.98. The molecular weight excluding hydrogens is 200 g/mol. The lowest BCUT2D eigenvalue weighted by Gasteiger charge is -2.32. The van der Waals surface area contributed by atoms with Gasteiger partial charge in [-0.3, -0.25) is 9.69 Å². The summed E-state index contributed by atoms with van der Waals surface area (Å²) in [5.41, 5.74) is 6.27. The Morgan fingerprint density at radius 1 is 1.44 bits per heavy atom. The van der Waals surface area contributed by atoms with Gasteiger partial charge in [0, 0.05) is 6.54 Å². The van der Waals surface area contributed by atoms with Crippen molar-refractivity contribution in [2.24, 2.45) is 5.73 Å². The molecule has 2 N–H and O–H groups in total. The second kappa shape index (κ2) is 4.26. The van der Waals surface area contributed by atoms with Crippen molar-refractivity contribution in [1.82, 2.24) is 4.90 Å². The number of carbonyl (C=O) groups is 1. The Labute approximate surface area is 96.2 Å². The van der Waals surface area contributed by atoms with Crippen LogP contribution in [0.5, 0.6) is 0 Å². The molecule has 1 aliphatic heterocycles. The number of nitrogens with two attached hydrogens (primary N) is 1. The lowest BCUT2D eigenvalue weighted by molar-refractivity contribution is -0.127. The predicted octanol–water partition coefficient (Wildman–Crippen LogP) is 1.53. The normalized spacial score (nSPS) is 25.8. The van der Waals surface area contributed by atoms with Crippen molar-refractivity contribution >= 4 is 5.91 Å². The van der Waals surface area contributed by atoms with Crippen LogP contribution in [0.25, 0.3) is 0 Å². The second-order valence-corrected chi connectivity index (χ2v) is 4.65. The Morgan fingerprint density at radius 3 is 2.75 bits per heavy atom. The van der Waals surface area contributed by atoms with E-state index in [1.54, 1.807) is 0 Å². The topological polar surface area (TPSA) is 46.3 Å². The Bertz CT molecular complexity index is 377. The van der Waals surface area contributed by atoms with E-state index in [1.165, 1.54) is 5.56 Å². The molecule has 1 fully saturated rings. The predicted molar refractivity (Wildman–Crippen MR) is 63.7 cm³/mol. The number of likely N-dealkylation sites (tertiary alicyclic amines) is 1. The quantitative estimate of drug-likeness (QED) is 0.836. The maximum absolute atomic E-state index is 11.5. The Kier molecular flexibility index (Phi) is 2.97. The van der Waals surface area contributed by atoms with Gasteiger partial charge in [-0.15, -0.1) is 0 Å². The van der Waals surface area contributed by atoms with E-state index in [9.17, 15) is 4.79 Å². The highest BCUT2D eigenvalue weighted by Crippen LogP contribution is 2.30. The second-order valence-electron chi connectivity index (χ2n) is 4.65. The molecule has 1 heterocycles. The molecule has 0 saturated carbocycles. The van der Waals surface area contributed by atoms with Crippen molar-refractivity contribution in [3.8, 4) is 0 Å². The molecule has 1 saturated heterocycles. The van der Waals surface area contributed by atoms with E-state index in [4.69, 9.17) is 5.73 Å². The zero-order chi connectivity index (χ0) is 11.6. The fraction of sp³-hybridized carbons (Fsp3) is 0.462. The molecule has 1 aliphatic rings. The van der Waals surface area contributed by atoms with Crippen LogP contribution in [0.3, 0.4) is 0 Å². The van der Waals surface area contributed by atoms with Gasteiger partial charge in [0.15, 0.2) is 0 Å². The molecule has 86 valence electrons. The van der Waals surface area contributed by atoms with E-state index >= 15 is 0 Å².